The number of anilines is 1. The predicted octanol–water partition coefficient (Wildman–Crippen LogP) is 4.19. The van der Waals surface area contributed by atoms with Crippen LogP contribution in [-0.2, 0) is 11.3 Å². The summed E-state index contributed by atoms with van der Waals surface area (Å²) in [7, 11) is 0. The maximum absolute atomic E-state index is 15.4. The van der Waals surface area contributed by atoms with E-state index in [1.54, 1.807) is 47.7 Å². The van der Waals surface area contributed by atoms with Crippen molar-refractivity contribution >= 4 is 22.8 Å². The Balaban J connectivity index is 1.48. The summed E-state index contributed by atoms with van der Waals surface area (Å²) in [6, 6.07) is 15.3. The number of para-hydroxylation sites is 1. The zero-order chi connectivity index (χ0) is 28.4. The SMILES string of the molecule is CC(C)(N)C=C(C#N)C(=O)N1CCC[C@H]1Cn1nc(-c2ccc(Oc3ccccc3)cc2F)c2c(N)ncnc21. The van der Waals surface area contributed by atoms with Crippen LogP contribution in [0.15, 0.2) is 66.5 Å². The van der Waals surface area contributed by atoms with Crippen molar-refractivity contribution in [2.45, 2.75) is 44.8 Å². The molecule has 0 aliphatic carbocycles. The highest BCUT2D eigenvalue weighted by atomic mass is 19.1. The third-order valence-electron chi connectivity index (χ3n) is 6.62. The zero-order valence-corrected chi connectivity index (χ0v) is 22.2. The van der Waals surface area contributed by atoms with Crippen LogP contribution in [0.3, 0.4) is 0 Å². The van der Waals surface area contributed by atoms with E-state index in [1.165, 1.54) is 18.5 Å². The van der Waals surface area contributed by atoms with E-state index in [0.29, 0.717) is 35.5 Å². The number of benzene rings is 2. The summed E-state index contributed by atoms with van der Waals surface area (Å²) in [6.07, 6.45) is 4.27. The van der Waals surface area contributed by atoms with Crippen molar-refractivity contribution < 1.29 is 13.9 Å². The molecule has 10 nitrogen and oxygen atoms in total. The molecule has 0 bridgehead atoms. The van der Waals surface area contributed by atoms with Crippen LogP contribution in [0.25, 0.3) is 22.3 Å². The largest absolute Gasteiger partial charge is 0.457 e. The van der Waals surface area contributed by atoms with Crippen LogP contribution in [-0.4, -0.2) is 48.7 Å². The Hall–Kier alpha value is -4.82. The summed E-state index contributed by atoms with van der Waals surface area (Å²) >= 11 is 0. The van der Waals surface area contributed by atoms with Gasteiger partial charge in [0.1, 0.15) is 46.8 Å². The Labute approximate surface area is 230 Å². The molecule has 4 aromatic rings. The van der Waals surface area contributed by atoms with Crippen LogP contribution >= 0.6 is 0 Å². The summed E-state index contributed by atoms with van der Waals surface area (Å²) in [5.41, 5.74) is 12.3. The van der Waals surface area contributed by atoms with E-state index in [4.69, 9.17) is 21.3 Å². The number of nitrogen functional groups attached to an aromatic ring is 1. The number of ether oxygens (including phenoxy) is 1. The highest BCUT2D eigenvalue weighted by Crippen LogP contribution is 2.35. The normalized spacial score (nSPS) is 15.8. The maximum atomic E-state index is 15.4. The van der Waals surface area contributed by atoms with Gasteiger partial charge in [-0.1, -0.05) is 18.2 Å². The fraction of sp³-hybridized carbons (Fsp3) is 0.276. The first-order chi connectivity index (χ1) is 19.1. The van der Waals surface area contributed by atoms with Crippen molar-refractivity contribution in [3.8, 4) is 28.8 Å². The van der Waals surface area contributed by atoms with Gasteiger partial charge in [0.15, 0.2) is 5.65 Å². The lowest BCUT2D eigenvalue weighted by atomic mass is 10.0. The van der Waals surface area contributed by atoms with Crippen LogP contribution in [0.2, 0.25) is 0 Å². The lowest BCUT2D eigenvalue weighted by Crippen LogP contribution is -2.40. The molecule has 4 N–H and O–H groups in total. The lowest BCUT2D eigenvalue weighted by Gasteiger charge is -2.25. The van der Waals surface area contributed by atoms with Gasteiger partial charge < -0.3 is 21.1 Å². The second kappa shape index (κ2) is 10.7. The van der Waals surface area contributed by atoms with Gasteiger partial charge in [0.25, 0.3) is 5.91 Å². The van der Waals surface area contributed by atoms with Crippen LogP contribution in [0.4, 0.5) is 10.2 Å². The molecule has 2 aromatic carbocycles. The van der Waals surface area contributed by atoms with Gasteiger partial charge in [0.2, 0.25) is 0 Å². The average Bonchev–Trinajstić information content (AvgIpc) is 3.53. The standard InChI is InChI=1S/C29H29FN8O2/c1-29(2,33)14-18(15-31)28(39)37-12-6-7-19(37)16-38-27-24(26(32)34-17-35-27)25(36-38)22-11-10-21(13-23(22)30)40-20-8-4-3-5-9-20/h3-5,8-11,13-14,17,19H,6-7,12,16,33H2,1-2H3,(H2,32,34,35)/t19-/m0/s1. The first-order valence-corrected chi connectivity index (χ1v) is 12.9. The number of nitrogens with zero attached hydrogens (tertiary/aromatic N) is 6. The number of hydrogen-bond acceptors (Lipinski definition) is 8. The Bertz CT molecular complexity index is 1640. The number of nitriles is 1. The van der Waals surface area contributed by atoms with Gasteiger partial charge in [-0.25, -0.2) is 19.0 Å². The molecule has 1 saturated heterocycles. The number of carbonyl (C=O) groups is 1. The lowest BCUT2D eigenvalue weighted by molar-refractivity contribution is -0.127. The van der Waals surface area contributed by atoms with Crippen LogP contribution in [0.5, 0.6) is 11.5 Å². The molecule has 1 amide bonds. The minimum absolute atomic E-state index is 0.00290. The molecule has 1 aliphatic heterocycles. The minimum atomic E-state index is -0.816. The van der Waals surface area contributed by atoms with Crippen molar-refractivity contribution in [2.75, 3.05) is 12.3 Å². The molecule has 0 spiro atoms. The van der Waals surface area contributed by atoms with Gasteiger partial charge in [0, 0.05) is 23.7 Å². The molecule has 0 unspecified atom stereocenters. The fourth-order valence-corrected chi connectivity index (χ4v) is 4.88. The predicted molar refractivity (Wildman–Crippen MR) is 148 cm³/mol. The van der Waals surface area contributed by atoms with Crippen LogP contribution in [0.1, 0.15) is 26.7 Å². The monoisotopic (exact) mass is 540 g/mol. The number of likely N-dealkylation sites (tertiary alicyclic amines) is 1. The molecule has 204 valence electrons. The zero-order valence-electron chi connectivity index (χ0n) is 22.2. The van der Waals surface area contributed by atoms with Crippen molar-refractivity contribution in [3.05, 3.63) is 72.3 Å². The first-order valence-electron chi connectivity index (χ1n) is 12.9. The number of rotatable bonds is 7. The van der Waals surface area contributed by atoms with Gasteiger partial charge in [-0.3, -0.25) is 4.79 Å². The molecule has 5 rings (SSSR count). The number of halogens is 1. The number of hydrogen-bond donors (Lipinski definition) is 2. The van der Waals surface area contributed by atoms with E-state index < -0.39 is 11.4 Å². The Morgan fingerprint density at radius 3 is 2.70 bits per heavy atom. The van der Waals surface area contributed by atoms with Gasteiger partial charge in [-0.05, 0) is 57.0 Å². The number of fused-ring (bicyclic) bond motifs is 1. The maximum Gasteiger partial charge on any atom is 0.264 e. The van der Waals surface area contributed by atoms with E-state index >= 15 is 4.39 Å². The number of carbonyl (C=O) groups excluding carboxylic acids is 1. The van der Waals surface area contributed by atoms with Crippen LogP contribution < -0.4 is 16.2 Å². The van der Waals surface area contributed by atoms with Gasteiger partial charge in [0.05, 0.1) is 18.0 Å². The van der Waals surface area contributed by atoms with Gasteiger partial charge in [-0.2, -0.15) is 10.4 Å². The molecular formula is C29H29FN8O2. The fourth-order valence-electron chi connectivity index (χ4n) is 4.88. The molecule has 3 heterocycles. The van der Waals surface area contributed by atoms with E-state index in [1.807, 2.05) is 24.3 Å². The van der Waals surface area contributed by atoms with E-state index in [9.17, 15) is 10.1 Å². The summed E-state index contributed by atoms with van der Waals surface area (Å²) in [5, 5.41) is 14.7. The Morgan fingerprint density at radius 2 is 2.00 bits per heavy atom. The number of nitrogens with two attached hydrogens (primary N) is 2. The topological polar surface area (TPSA) is 149 Å². The van der Waals surface area contributed by atoms with Crippen molar-refractivity contribution in [1.29, 1.82) is 5.26 Å². The quantitative estimate of drug-likeness (QED) is 0.262. The Morgan fingerprint density at radius 1 is 1.23 bits per heavy atom. The molecule has 40 heavy (non-hydrogen) atoms. The van der Waals surface area contributed by atoms with Gasteiger partial charge in [-0.15, -0.1) is 0 Å². The van der Waals surface area contributed by atoms with E-state index in [-0.39, 0.29) is 41.1 Å². The molecule has 0 saturated carbocycles. The molecule has 1 fully saturated rings. The smallest absolute Gasteiger partial charge is 0.264 e. The highest BCUT2D eigenvalue weighted by Gasteiger charge is 2.33. The minimum Gasteiger partial charge on any atom is -0.457 e. The van der Waals surface area contributed by atoms with Gasteiger partial charge >= 0.3 is 0 Å². The second-order valence-electron chi connectivity index (χ2n) is 10.3. The average molecular weight is 541 g/mol. The number of amides is 1. The molecule has 0 radical (unpaired) electrons. The number of aromatic nitrogens is 4. The summed E-state index contributed by atoms with van der Waals surface area (Å²) in [5.74, 6) is 0.155. The van der Waals surface area contributed by atoms with Crippen molar-refractivity contribution in [3.63, 3.8) is 0 Å². The molecule has 1 aliphatic rings. The Kier molecular flexibility index (Phi) is 7.19. The van der Waals surface area contributed by atoms with Crippen LogP contribution in [0, 0.1) is 17.1 Å². The summed E-state index contributed by atoms with van der Waals surface area (Å²) < 4.78 is 22.8. The third-order valence-corrected chi connectivity index (χ3v) is 6.62. The summed E-state index contributed by atoms with van der Waals surface area (Å²) in [4.78, 5) is 23.4. The van der Waals surface area contributed by atoms with Crippen molar-refractivity contribution in [2.24, 2.45) is 5.73 Å². The molecule has 2 aromatic heterocycles. The first kappa shape index (κ1) is 26.8. The molecule has 11 heteroatoms. The second-order valence-corrected chi connectivity index (χ2v) is 10.3. The molecule has 1 atom stereocenters. The molecular weight excluding hydrogens is 511 g/mol. The summed E-state index contributed by atoms with van der Waals surface area (Å²) in [6.45, 7) is 4.22. The van der Waals surface area contributed by atoms with Crippen molar-refractivity contribution in [1.82, 2.24) is 24.6 Å². The van der Waals surface area contributed by atoms with E-state index in [0.717, 1.165) is 6.42 Å². The van der Waals surface area contributed by atoms with E-state index in [2.05, 4.69) is 9.97 Å². The highest BCUT2D eigenvalue weighted by molar-refractivity contribution is 5.99. The third kappa shape index (κ3) is 5.48.